The van der Waals surface area contributed by atoms with Crippen molar-refractivity contribution in [2.24, 2.45) is 5.73 Å². The van der Waals surface area contributed by atoms with Gasteiger partial charge in [-0.3, -0.25) is 9.59 Å². The third-order valence-corrected chi connectivity index (χ3v) is 7.91. The van der Waals surface area contributed by atoms with E-state index in [9.17, 15) is 14.7 Å². The van der Waals surface area contributed by atoms with Gasteiger partial charge in [-0.05, 0) is 74.7 Å². The Bertz CT molecular complexity index is 1240. The summed E-state index contributed by atoms with van der Waals surface area (Å²) in [4.78, 5) is 27.5. The van der Waals surface area contributed by atoms with Crippen molar-refractivity contribution in [1.82, 2.24) is 4.57 Å². The van der Waals surface area contributed by atoms with Crippen LogP contribution < -0.4 is 16.0 Å². The van der Waals surface area contributed by atoms with Crippen molar-refractivity contribution in [2.75, 3.05) is 16.8 Å². The van der Waals surface area contributed by atoms with Crippen LogP contribution in [0.5, 0.6) is 0 Å². The molecule has 7 nitrogen and oxygen atoms in total. The lowest BCUT2D eigenvalue weighted by molar-refractivity contribution is 0.0977. The Morgan fingerprint density at radius 2 is 1.91 bits per heavy atom. The molecule has 0 radical (unpaired) electrons. The maximum absolute atomic E-state index is 13.5. The molecule has 0 bridgehead atoms. The number of nitrogens with zero attached hydrogens (tertiary/aromatic N) is 2. The van der Waals surface area contributed by atoms with Gasteiger partial charge in [-0.1, -0.05) is 0 Å². The zero-order chi connectivity index (χ0) is 24.0. The fourth-order valence-electron chi connectivity index (χ4n) is 5.31. The first-order valence-electron chi connectivity index (χ1n) is 11.8. The summed E-state index contributed by atoms with van der Waals surface area (Å²) < 4.78 is 2.15. The number of carbonyl (C=O) groups is 2. The number of thiophene rings is 1. The number of anilines is 2. The minimum atomic E-state index is -0.478. The van der Waals surface area contributed by atoms with Gasteiger partial charge in [0.2, 0.25) is 0 Å². The average molecular weight is 479 g/mol. The van der Waals surface area contributed by atoms with Crippen molar-refractivity contribution in [3.05, 3.63) is 63.1 Å². The highest BCUT2D eigenvalue weighted by Crippen LogP contribution is 2.35. The molecule has 0 saturated heterocycles. The minimum Gasteiger partial charge on any atom is -0.393 e. The van der Waals surface area contributed by atoms with Gasteiger partial charge in [-0.2, -0.15) is 11.3 Å². The molecule has 5 rings (SSSR count). The lowest BCUT2D eigenvalue weighted by atomic mass is 9.92. The van der Waals surface area contributed by atoms with E-state index >= 15 is 0 Å². The van der Waals surface area contributed by atoms with Crippen LogP contribution in [0.15, 0.2) is 35.0 Å². The molecule has 2 aliphatic rings. The van der Waals surface area contributed by atoms with E-state index in [4.69, 9.17) is 5.73 Å². The number of nitrogens with two attached hydrogens (primary N) is 1. The third-order valence-electron chi connectivity index (χ3n) is 7.24. The number of fused-ring (bicyclic) bond motifs is 1. The number of aromatic nitrogens is 1. The number of aliphatic hydroxyl groups excluding tert-OH is 1. The largest absolute Gasteiger partial charge is 0.393 e. The highest BCUT2D eigenvalue weighted by atomic mass is 32.1. The molecule has 2 amide bonds. The number of nitrogens with one attached hydrogen (secondary N) is 1. The van der Waals surface area contributed by atoms with Crippen molar-refractivity contribution in [3.8, 4) is 5.69 Å². The second kappa shape index (κ2) is 8.92. The van der Waals surface area contributed by atoms with E-state index in [-0.39, 0.29) is 18.1 Å². The fraction of sp³-hybridized carbons (Fsp3) is 0.385. The monoisotopic (exact) mass is 478 g/mol. The topological polar surface area (TPSA) is 101 Å². The summed E-state index contributed by atoms with van der Waals surface area (Å²) in [5.74, 6) is -0.444. The molecule has 34 heavy (non-hydrogen) atoms. The van der Waals surface area contributed by atoms with E-state index in [0.717, 1.165) is 66.0 Å². The van der Waals surface area contributed by atoms with Crippen LogP contribution in [0.1, 0.15) is 63.4 Å². The molecule has 0 unspecified atom stereocenters. The predicted octanol–water partition coefficient (Wildman–Crippen LogP) is 4.17. The summed E-state index contributed by atoms with van der Waals surface area (Å²) in [6.45, 7) is 4.66. The third kappa shape index (κ3) is 3.91. The first kappa shape index (κ1) is 22.7. The van der Waals surface area contributed by atoms with Crippen LogP contribution in [0.25, 0.3) is 5.69 Å². The van der Waals surface area contributed by atoms with Crippen LogP contribution in [0.2, 0.25) is 0 Å². The summed E-state index contributed by atoms with van der Waals surface area (Å²) in [6.07, 6.45) is 3.67. The molecule has 3 aromatic rings. The van der Waals surface area contributed by atoms with Crippen molar-refractivity contribution in [2.45, 2.75) is 58.1 Å². The molecule has 1 aliphatic heterocycles. The number of benzene rings is 1. The molecule has 2 aromatic heterocycles. The van der Waals surface area contributed by atoms with E-state index < -0.39 is 5.91 Å². The molecule has 1 aliphatic carbocycles. The second-order valence-corrected chi connectivity index (χ2v) is 10.1. The van der Waals surface area contributed by atoms with E-state index in [1.165, 1.54) is 0 Å². The molecule has 3 heterocycles. The Labute approximate surface area is 203 Å². The fourth-order valence-corrected chi connectivity index (χ4v) is 5.95. The number of hydrogen-bond acceptors (Lipinski definition) is 5. The molecule has 1 saturated carbocycles. The first-order chi connectivity index (χ1) is 16.3. The van der Waals surface area contributed by atoms with Crippen LogP contribution in [0, 0.1) is 13.8 Å². The van der Waals surface area contributed by atoms with Gasteiger partial charge < -0.3 is 25.6 Å². The van der Waals surface area contributed by atoms with Gasteiger partial charge in [-0.25, -0.2) is 0 Å². The molecule has 0 spiro atoms. The number of aliphatic hydroxyl groups is 1. The maximum Gasteiger partial charge on any atom is 0.260 e. The first-order valence-corrected chi connectivity index (χ1v) is 12.7. The predicted molar refractivity (Wildman–Crippen MR) is 135 cm³/mol. The Morgan fingerprint density at radius 1 is 1.15 bits per heavy atom. The second-order valence-electron chi connectivity index (χ2n) is 9.30. The van der Waals surface area contributed by atoms with Gasteiger partial charge >= 0.3 is 0 Å². The average Bonchev–Trinajstić information content (AvgIpc) is 3.43. The lowest BCUT2D eigenvalue weighted by Crippen LogP contribution is -2.38. The zero-order valence-corrected chi connectivity index (χ0v) is 20.3. The van der Waals surface area contributed by atoms with Gasteiger partial charge in [0.1, 0.15) is 0 Å². The molecule has 178 valence electrons. The van der Waals surface area contributed by atoms with E-state index in [2.05, 4.69) is 9.88 Å². The van der Waals surface area contributed by atoms with Crippen LogP contribution >= 0.6 is 11.3 Å². The Balaban J connectivity index is 1.53. The van der Waals surface area contributed by atoms with Crippen molar-refractivity contribution in [3.63, 3.8) is 0 Å². The van der Waals surface area contributed by atoms with E-state index in [0.29, 0.717) is 17.8 Å². The molecule has 1 aromatic carbocycles. The summed E-state index contributed by atoms with van der Waals surface area (Å²) in [7, 11) is 0. The summed E-state index contributed by atoms with van der Waals surface area (Å²) in [5.41, 5.74) is 12.5. The summed E-state index contributed by atoms with van der Waals surface area (Å²) in [6, 6.07) is 7.80. The van der Waals surface area contributed by atoms with Gasteiger partial charge in [-0.15, -0.1) is 0 Å². The number of hydrogen-bond donors (Lipinski definition) is 3. The van der Waals surface area contributed by atoms with Crippen LogP contribution in [-0.4, -0.2) is 40.2 Å². The van der Waals surface area contributed by atoms with Crippen molar-refractivity contribution >= 4 is 34.5 Å². The molecule has 0 atom stereocenters. The standard InChI is InChI=1S/C26H30N4O3S/c1-15-16(2)30(23-9-11-29(26(33)24(15)23)19-10-12-34-14-19)18-5-8-21(25(27)32)22(13-18)28-17-3-6-20(31)7-4-17/h5,8,10,12-14,17,20,28,31H,3-4,6-7,9,11H2,1-2H3,(H2,27,32). The van der Waals surface area contributed by atoms with Crippen LogP contribution in [0.3, 0.4) is 0 Å². The maximum atomic E-state index is 13.5. The van der Waals surface area contributed by atoms with Gasteiger partial charge in [0, 0.05) is 47.2 Å². The Hall–Kier alpha value is -3.10. The highest BCUT2D eigenvalue weighted by Gasteiger charge is 2.32. The van der Waals surface area contributed by atoms with Crippen LogP contribution in [0.4, 0.5) is 11.4 Å². The summed E-state index contributed by atoms with van der Waals surface area (Å²) in [5, 5.41) is 17.3. The number of amides is 2. The van der Waals surface area contributed by atoms with Gasteiger partial charge in [0.25, 0.3) is 11.8 Å². The quantitative estimate of drug-likeness (QED) is 0.512. The van der Waals surface area contributed by atoms with Crippen molar-refractivity contribution < 1.29 is 14.7 Å². The van der Waals surface area contributed by atoms with E-state index in [1.807, 2.05) is 47.7 Å². The zero-order valence-electron chi connectivity index (χ0n) is 19.5. The number of primary amides is 1. The SMILES string of the molecule is Cc1c2c(n(-c3ccc(C(N)=O)c(NC4CCC(O)CC4)c3)c1C)CCN(c1ccsc1)C2=O. The molecule has 4 N–H and O–H groups in total. The lowest BCUT2D eigenvalue weighted by Gasteiger charge is -2.29. The number of rotatable bonds is 5. The van der Waals surface area contributed by atoms with Gasteiger partial charge in [0.05, 0.1) is 22.9 Å². The molecule has 1 fully saturated rings. The molecular formula is C26H30N4O3S. The number of carbonyl (C=O) groups excluding carboxylic acids is 2. The summed E-state index contributed by atoms with van der Waals surface area (Å²) >= 11 is 1.59. The van der Waals surface area contributed by atoms with Crippen LogP contribution in [-0.2, 0) is 6.42 Å². The van der Waals surface area contributed by atoms with Crippen molar-refractivity contribution in [1.29, 1.82) is 0 Å². The molecule has 8 heteroatoms. The Kier molecular flexibility index (Phi) is 5.95. The highest BCUT2D eigenvalue weighted by molar-refractivity contribution is 7.08. The smallest absolute Gasteiger partial charge is 0.260 e. The normalized spacial score (nSPS) is 20.3. The minimum absolute atomic E-state index is 0.0341. The molecular weight excluding hydrogens is 448 g/mol. The van der Waals surface area contributed by atoms with Gasteiger partial charge in [0.15, 0.2) is 0 Å². The van der Waals surface area contributed by atoms with E-state index in [1.54, 1.807) is 17.4 Å². The Morgan fingerprint density at radius 3 is 2.59 bits per heavy atom.